The van der Waals surface area contributed by atoms with Gasteiger partial charge in [-0.3, -0.25) is 0 Å². The first kappa shape index (κ1) is 50.2. The Kier molecular flexibility index (Phi) is 37.9. The normalized spacial score (nSPS) is 11.3. The molecule has 0 amide bonds. The summed E-state index contributed by atoms with van der Waals surface area (Å²) < 4.78 is 11.1. The molecule has 0 N–H and O–H groups in total. The van der Waals surface area contributed by atoms with Crippen molar-refractivity contribution in [2.75, 3.05) is 13.2 Å². The van der Waals surface area contributed by atoms with Gasteiger partial charge in [-0.1, -0.05) is 257 Å². The van der Waals surface area contributed by atoms with Gasteiger partial charge in [0.15, 0.2) is 0 Å². The molecule has 1 rings (SSSR count). The van der Waals surface area contributed by atoms with E-state index in [9.17, 15) is 9.59 Å². The van der Waals surface area contributed by atoms with Crippen LogP contribution in [0.4, 0.5) is 0 Å². The van der Waals surface area contributed by atoms with Crippen molar-refractivity contribution in [3.63, 3.8) is 0 Å². The fourth-order valence-corrected chi connectivity index (χ4v) is 7.69. The Bertz CT molecular complexity index is 867. The molecule has 4 heteroatoms. The lowest BCUT2D eigenvalue weighted by Gasteiger charge is -2.10. The second-order valence-electron chi connectivity index (χ2n) is 16.5. The van der Waals surface area contributed by atoms with Gasteiger partial charge in [-0.15, -0.1) is 0 Å². The maximum atomic E-state index is 12.8. The summed E-state index contributed by atoms with van der Waals surface area (Å²) in [5.74, 6) is -0.845. The predicted molar refractivity (Wildman–Crippen MR) is 234 cm³/mol. The Morgan fingerprint density at radius 3 is 0.704 bits per heavy atom. The fraction of sp³-hybridized carbons (Fsp3) is 0.840. The number of hydrogen-bond donors (Lipinski definition) is 0. The van der Waals surface area contributed by atoms with Crippen molar-refractivity contribution in [2.45, 2.75) is 258 Å². The second kappa shape index (κ2) is 40.8. The van der Waals surface area contributed by atoms with Crippen LogP contribution in [0.15, 0.2) is 24.3 Å². The van der Waals surface area contributed by atoms with Crippen molar-refractivity contribution < 1.29 is 19.1 Å². The van der Waals surface area contributed by atoms with Gasteiger partial charge in [0.1, 0.15) is 0 Å². The van der Waals surface area contributed by atoms with Crippen LogP contribution in [0.1, 0.15) is 279 Å². The Hall–Kier alpha value is -1.84. The van der Waals surface area contributed by atoms with Crippen molar-refractivity contribution in [1.82, 2.24) is 0 Å². The SMILES string of the molecule is CCCCCCCCCCCCCCCCCCCCCOC(=O)c1ccccc1C(=O)OCCCCCCCCCCCCCCCCCCCCC. The molecule has 0 saturated carbocycles. The number of esters is 2. The van der Waals surface area contributed by atoms with E-state index in [2.05, 4.69) is 13.8 Å². The number of benzene rings is 1. The lowest BCUT2D eigenvalue weighted by atomic mass is 10.0. The van der Waals surface area contributed by atoms with Crippen LogP contribution in [-0.2, 0) is 9.47 Å². The van der Waals surface area contributed by atoms with Crippen LogP contribution in [0.2, 0.25) is 0 Å². The van der Waals surface area contributed by atoms with Crippen molar-refractivity contribution in [2.24, 2.45) is 0 Å². The van der Waals surface area contributed by atoms with Crippen molar-refractivity contribution >= 4 is 11.9 Å². The maximum Gasteiger partial charge on any atom is 0.339 e. The van der Waals surface area contributed by atoms with Crippen LogP contribution >= 0.6 is 0 Å². The molecule has 0 heterocycles. The number of carbonyl (C=O) groups is 2. The van der Waals surface area contributed by atoms with Crippen molar-refractivity contribution in [1.29, 1.82) is 0 Å². The highest BCUT2D eigenvalue weighted by molar-refractivity contribution is 6.03. The van der Waals surface area contributed by atoms with Gasteiger partial charge in [0.05, 0.1) is 24.3 Å². The number of carbonyl (C=O) groups excluding carboxylic acids is 2. The van der Waals surface area contributed by atoms with Gasteiger partial charge >= 0.3 is 11.9 Å². The Morgan fingerprint density at radius 2 is 0.500 bits per heavy atom. The van der Waals surface area contributed by atoms with E-state index >= 15 is 0 Å². The van der Waals surface area contributed by atoms with E-state index in [4.69, 9.17) is 9.47 Å². The van der Waals surface area contributed by atoms with E-state index in [1.807, 2.05) is 0 Å². The van der Waals surface area contributed by atoms with Crippen LogP contribution < -0.4 is 0 Å². The van der Waals surface area contributed by atoms with E-state index in [0.29, 0.717) is 24.3 Å². The lowest BCUT2D eigenvalue weighted by Crippen LogP contribution is -2.15. The zero-order valence-electron chi connectivity index (χ0n) is 36.2. The minimum atomic E-state index is -0.423. The standard InChI is InChI=1S/C50H90O4/c1-3-5-7-9-11-13-15-17-19-21-23-25-27-29-31-33-35-37-41-45-53-49(51)47-43-39-40-44-48(47)50(52)54-46-42-38-36-34-32-30-28-26-24-22-20-18-16-14-12-10-8-6-4-2/h39-40,43-44H,3-38,41-42,45-46H2,1-2H3. The zero-order chi connectivity index (χ0) is 38.8. The van der Waals surface area contributed by atoms with Gasteiger partial charge in [0.2, 0.25) is 0 Å². The lowest BCUT2D eigenvalue weighted by molar-refractivity contribution is 0.0450. The molecule has 54 heavy (non-hydrogen) atoms. The highest BCUT2D eigenvalue weighted by Gasteiger charge is 2.18. The molecule has 4 nitrogen and oxygen atoms in total. The number of ether oxygens (including phenoxy) is 2. The average Bonchev–Trinajstić information content (AvgIpc) is 3.19. The summed E-state index contributed by atoms with van der Waals surface area (Å²) in [6, 6.07) is 6.91. The topological polar surface area (TPSA) is 52.6 Å². The van der Waals surface area contributed by atoms with Crippen molar-refractivity contribution in [3.8, 4) is 0 Å². The third kappa shape index (κ3) is 32.4. The van der Waals surface area contributed by atoms with Gasteiger partial charge < -0.3 is 9.47 Å². The molecule has 0 saturated heterocycles. The zero-order valence-corrected chi connectivity index (χ0v) is 36.2. The summed E-state index contributed by atoms with van der Waals surface area (Å²) in [6.45, 7) is 5.38. The van der Waals surface area contributed by atoms with Crippen LogP contribution in [0.3, 0.4) is 0 Å². The third-order valence-corrected chi connectivity index (χ3v) is 11.3. The minimum Gasteiger partial charge on any atom is -0.462 e. The molecular weight excluding hydrogens is 665 g/mol. The molecule has 0 aliphatic carbocycles. The van der Waals surface area contributed by atoms with Gasteiger partial charge in [-0.2, -0.15) is 0 Å². The molecule has 0 radical (unpaired) electrons. The quantitative estimate of drug-likeness (QED) is 0.0493. The molecule has 0 unspecified atom stereocenters. The highest BCUT2D eigenvalue weighted by atomic mass is 16.5. The summed E-state index contributed by atoms with van der Waals surface area (Å²) in [5, 5.41) is 0. The molecule has 0 atom stereocenters. The number of hydrogen-bond acceptors (Lipinski definition) is 4. The second-order valence-corrected chi connectivity index (χ2v) is 16.5. The fourth-order valence-electron chi connectivity index (χ4n) is 7.69. The number of unbranched alkanes of at least 4 members (excludes halogenated alkanes) is 36. The summed E-state index contributed by atoms with van der Waals surface area (Å²) >= 11 is 0. The first-order valence-electron chi connectivity index (χ1n) is 24.1. The van der Waals surface area contributed by atoms with Crippen LogP contribution in [0, 0.1) is 0 Å². The summed E-state index contributed by atoms with van der Waals surface area (Å²) in [4.78, 5) is 25.6. The first-order valence-corrected chi connectivity index (χ1v) is 24.1. The van der Waals surface area contributed by atoms with Crippen LogP contribution in [0.5, 0.6) is 0 Å². The van der Waals surface area contributed by atoms with E-state index in [0.717, 1.165) is 25.7 Å². The Morgan fingerprint density at radius 1 is 0.315 bits per heavy atom. The third-order valence-electron chi connectivity index (χ3n) is 11.3. The summed E-state index contributed by atoms with van der Waals surface area (Å²) in [6.07, 6.45) is 50.9. The van der Waals surface area contributed by atoms with Crippen LogP contribution in [0.25, 0.3) is 0 Å². The summed E-state index contributed by atoms with van der Waals surface area (Å²) in [7, 11) is 0. The molecule has 0 aliphatic heterocycles. The molecule has 0 bridgehead atoms. The Balaban J connectivity index is 1.94. The van der Waals surface area contributed by atoms with E-state index < -0.39 is 11.9 Å². The largest absolute Gasteiger partial charge is 0.462 e. The molecular formula is C50H90O4. The smallest absolute Gasteiger partial charge is 0.339 e. The van der Waals surface area contributed by atoms with E-state index in [-0.39, 0.29) is 0 Å². The molecule has 1 aromatic carbocycles. The molecule has 1 aromatic rings. The van der Waals surface area contributed by atoms with Crippen molar-refractivity contribution in [3.05, 3.63) is 35.4 Å². The first-order chi connectivity index (χ1) is 26.7. The predicted octanol–water partition coefficient (Wildman–Crippen LogP) is 16.9. The van der Waals surface area contributed by atoms with Gasteiger partial charge in [0, 0.05) is 0 Å². The minimum absolute atomic E-state index is 0.313. The van der Waals surface area contributed by atoms with Gasteiger partial charge in [0.25, 0.3) is 0 Å². The summed E-state index contributed by atoms with van der Waals surface area (Å²) in [5.41, 5.74) is 0.627. The van der Waals surface area contributed by atoms with E-state index in [1.165, 1.54) is 218 Å². The van der Waals surface area contributed by atoms with E-state index in [1.54, 1.807) is 24.3 Å². The average molecular weight is 755 g/mol. The van der Waals surface area contributed by atoms with Gasteiger partial charge in [-0.05, 0) is 25.0 Å². The van der Waals surface area contributed by atoms with Gasteiger partial charge in [-0.25, -0.2) is 9.59 Å². The monoisotopic (exact) mass is 755 g/mol. The molecule has 314 valence electrons. The Labute approximate surface area is 336 Å². The maximum absolute atomic E-state index is 12.8. The molecule has 0 aromatic heterocycles. The number of rotatable bonds is 42. The molecule has 0 aliphatic rings. The van der Waals surface area contributed by atoms with Crippen LogP contribution in [-0.4, -0.2) is 25.2 Å². The molecule has 0 spiro atoms. The molecule has 0 fully saturated rings. The highest BCUT2D eigenvalue weighted by Crippen LogP contribution is 2.18.